The fourth-order valence-corrected chi connectivity index (χ4v) is 7.38. The minimum absolute atomic E-state index is 0.00353. The molecule has 0 rings (SSSR count). The summed E-state index contributed by atoms with van der Waals surface area (Å²) in [7, 11) is 4.04. The fourth-order valence-electron chi connectivity index (χ4n) is 7.38. The predicted octanol–water partition coefficient (Wildman–Crippen LogP) is 13.6. The second-order valence-electron chi connectivity index (χ2n) is 17.0. The lowest BCUT2D eigenvalue weighted by molar-refractivity contribution is -0.146. The van der Waals surface area contributed by atoms with Gasteiger partial charge >= 0.3 is 11.9 Å². The number of carbonyl (C=O) groups is 3. The first-order chi connectivity index (χ1) is 26.9. The highest BCUT2D eigenvalue weighted by Gasteiger charge is 2.21. The number of nitrogens with one attached hydrogen (secondary N) is 1. The van der Waals surface area contributed by atoms with Crippen molar-refractivity contribution in [3.05, 3.63) is 0 Å². The summed E-state index contributed by atoms with van der Waals surface area (Å²) in [6.07, 6.45) is 43.8. The maximum atomic E-state index is 12.7. The molecule has 0 aromatic carbocycles. The van der Waals surface area contributed by atoms with Gasteiger partial charge in [-0.05, 0) is 46.3 Å². The Bertz CT molecular complexity index is 783. The maximum absolute atomic E-state index is 12.7. The smallest absolute Gasteiger partial charge is 0.307 e. The monoisotopic (exact) mass is 779 g/mol. The Kier molecular flexibility index (Phi) is 42.2. The molecule has 0 heterocycles. The number of ether oxygens (including phenoxy) is 2. The van der Waals surface area contributed by atoms with E-state index in [2.05, 4.69) is 24.1 Å². The molecule has 0 aromatic rings. The highest BCUT2D eigenvalue weighted by Crippen LogP contribution is 2.16. The first-order valence-corrected chi connectivity index (χ1v) is 24.1. The molecule has 0 aliphatic carbocycles. The van der Waals surface area contributed by atoms with Gasteiger partial charge in [-0.2, -0.15) is 0 Å². The summed E-state index contributed by atoms with van der Waals surface area (Å²) in [5.41, 5.74) is 0. The zero-order chi connectivity index (χ0) is 40.3. The van der Waals surface area contributed by atoms with E-state index in [0.717, 1.165) is 45.1 Å². The van der Waals surface area contributed by atoms with Crippen molar-refractivity contribution < 1.29 is 23.9 Å². The van der Waals surface area contributed by atoms with E-state index in [4.69, 9.17) is 9.47 Å². The van der Waals surface area contributed by atoms with Crippen molar-refractivity contribution in [2.45, 2.75) is 257 Å². The van der Waals surface area contributed by atoms with Crippen LogP contribution in [0.15, 0.2) is 0 Å². The van der Waals surface area contributed by atoms with Crippen LogP contribution in [0.4, 0.5) is 0 Å². The zero-order valence-corrected chi connectivity index (χ0v) is 37.4. The molecular formula is C48H94N2O5. The topological polar surface area (TPSA) is 84.9 Å². The Morgan fingerprint density at radius 1 is 0.418 bits per heavy atom. The van der Waals surface area contributed by atoms with Crippen molar-refractivity contribution in [1.82, 2.24) is 10.2 Å². The number of rotatable bonds is 44. The summed E-state index contributed by atoms with van der Waals surface area (Å²) in [4.78, 5) is 40.2. The van der Waals surface area contributed by atoms with Crippen LogP contribution in [-0.4, -0.2) is 62.6 Å². The van der Waals surface area contributed by atoms with Crippen molar-refractivity contribution in [2.24, 2.45) is 0 Å². The Labute approximate surface area is 342 Å². The SMILES string of the molecule is CCCCCCCCCCCCCCCCCCOC(=O)CC(CC(=O)OCCCCCCCCCCCCCCCCCC)NC(=O)CCCCN(C)C. The Balaban J connectivity index is 4.10. The van der Waals surface area contributed by atoms with Gasteiger partial charge < -0.3 is 19.7 Å². The number of hydrogen-bond donors (Lipinski definition) is 1. The molecule has 0 aromatic heterocycles. The normalized spacial score (nSPS) is 11.5. The molecule has 0 spiro atoms. The molecule has 55 heavy (non-hydrogen) atoms. The number of hydrogen-bond acceptors (Lipinski definition) is 6. The van der Waals surface area contributed by atoms with Crippen LogP contribution in [0, 0.1) is 0 Å². The second-order valence-corrected chi connectivity index (χ2v) is 17.0. The molecule has 7 nitrogen and oxygen atoms in total. The first-order valence-electron chi connectivity index (χ1n) is 24.1. The van der Waals surface area contributed by atoms with E-state index >= 15 is 0 Å². The number of amides is 1. The van der Waals surface area contributed by atoms with Gasteiger partial charge in [0.25, 0.3) is 0 Å². The molecule has 0 fully saturated rings. The Morgan fingerprint density at radius 3 is 1.00 bits per heavy atom. The largest absolute Gasteiger partial charge is 0.466 e. The fraction of sp³-hybridized carbons (Fsp3) is 0.938. The maximum Gasteiger partial charge on any atom is 0.307 e. The summed E-state index contributed by atoms with van der Waals surface area (Å²) in [6, 6.07) is -0.599. The van der Waals surface area contributed by atoms with Gasteiger partial charge in [0.1, 0.15) is 0 Å². The van der Waals surface area contributed by atoms with Crippen LogP contribution in [0.25, 0.3) is 0 Å². The molecular weight excluding hydrogens is 685 g/mol. The minimum Gasteiger partial charge on any atom is -0.466 e. The van der Waals surface area contributed by atoms with Gasteiger partial charge in [0, 0.05) is 12.5 Å². The standard InChI is InChI=1S/C48H94N2O5/c1-5-7-9-11-13-15-17-19-21-23-25-27-29-31-33-37-41-54-47(52)43-45(49-46(51)39-35-36-40-50(3)4)44-48(53)55-42-38-34-32-30-28-26-24-22-20-18-16-14-12-10-8-6-2/h45H,5-44H2,1-4H3,(H,49,51). The van der Waals surface area contributed by atoms with E-state index in [1.54, 1.807) is 0 Å². The quantitative estimate of drug-likeness (QED) is 0.0490. The van der Waals surface area contributed by atoms with Gasteiger partial charge in [0.2, 0.25) is 5.91 Å². The van der Waals surface area contributed by atoms with Crippen molar-refractivity contribution >= 4 is 17.8 Å². The lowest BCUT2D eigenvalue weighted by atomic mass is 10.0. The molecule has 0 unspecified atom stereocenters. The van der Waals surface area contributed by atoms with Crippen molar-refractivity contribution in [1.29, 1.82) is 0 Å². The third-order valence-electron chi connectivity index (χ3n) is 11.0. The lowest BCUT2D eigenvalue weighted by Gasteiger charge is -2.18. The van der Waals surface area contributed by atoms with Gasteiger partial charge in [-0.25, -0.2) is 0 Å². The Hall–Kier alpha value is -1.63. The van der Waals surface area contributed by atoms with Gasteiger partial charge in [0.05, 0.1) is 26.1 Å². The molecule has 0 aliphatic heterocycles. The summed E-state index contributed by atoms with van der Waals surface area (Å²) in [6.45, 7) is 6.27. The third-order valence-corrected chi connectivity index (χ3v) is 11.0. The average molecular weight is 779 g/mol. The average Bonchev–Trinajstić information content (AvgIpc) is 3.15. The molecule has 1 amide bonds. The van der Waals surface area contributed by atoms with Crippen LogP contribution in [-0.2, 0) is 23.9 Å². The van der Waals surface area contributed by atoms with E-state index in [0.29, 0.717) is 19.6 Å². The van der Waals surface area contributed by atoms with Gasteiger partial charge in [-0.15, -0.1) is 0 Å². The summed E-state index contributed by atoms with van der Waals surface area (Å²) in [5, 5.41) is 2.93. The second kappa shape index (κ2) is 43.5. The van der Waals surface area contributed by atoms with Crippen molar-refractivity contribution in [3.8, 4) is 0 Å². The predicted molar refractivity (Wildman–Crippen MR) is 235 cm³/mol. The van der Waals surface area contributed by atoms with Gasteiger partial charge in [-0.1, -0.05) is 206 Å². The van der Waals surface area contributed by atoms with Gasteiger partial charge in [-0.3, -0.25) is 14.4 Å². The molecule has 326 valence electrons. The van der Waals surface area contributed by atoms with E-state index in [1.165, 1.54) is 180 Å². The van der Waals surface area contributed by atoms with E-state index in [-0.39, 0.29) is 30.7 Å². The van der Waals surface area contributed by atoms with Crippen LogP contribution in [0.3, 0.4) is 0 Å². The molecule has 0 radical (unpaired) electrons. The molecule has 7 heteroatoms. The van der Waals surface area contributed by atoms with E-state index in [1.807, 2.05) is 14.1 Å². The minimum atomic E-state index is -0.599. The highest BCUT2D eigenvalue weighted by atomic mass is 16.5. The van der Waals surface area contributed by atoms with Crippen LogP contribution >= 0.6 is 0 Å². The molecule has 0 saturated carbocycles. The van der Waals surface area contributed by atoms with Crippen LogP contribution < -0.4 is 5.32 Å². The number of unbranched alkanes of at least 4 members (excludes halogenated alkanes) is 31. The number of esters is 2. The van der Waals surface area contributed by atoms with Gasteiger partial charge in [0.15, 0.2) is 0 Å². The van der Waals surface area contributed by atoms with Crippen LogP contribution in [0.1, 0.15) is 251 Å². The first kappa shape index (κ1) is 53.4. The number of carbonyl (C=O) groups excluding carboxylic acids is 3. The van der Waals surface area contributed by atoms with Crippen LogP contribution in [0.5, 0.6) is 0 Å². The van der Waals surface area contributed by atoms with Crippen LogP contribution in [0.2, 0.25) is 0 Å². The molecule has 0 bridgehead atoms. The highest BCUT2D eigenvalue weighted by molar-refractivity contribution is 5.79. The molecule has 1 N–H and O–H groups in total. The van der Waals surface area contributed by atoms with E-state index in [9.17, 15) is 14.4 Å². The molecule has 0 aliphatic rings. The zero-order valence-electron chi connectivity index (χ0n) is 37.4. The summed E-state index contributed by atoms with van der Waals surface area (Å²) < 4.78 is 11.1. The van der Waals surface area contributed by atoms with E-state index < -0.39 is 6.04 Å². The summed E-state index contributed by atoms with van der Waals surface area (Å²) in [5.74, 6) is -0.839. The lowest BCUT2D eigenvalue weighted by Crippen LogP contribution is -2.38. The summed E-state index contributed by atoms with van der Waals surface area (Å²) >= 11 is 0. The number of nitrogens with zero attached hydrogens (tertiary/aromatic N) is 1. The molecule has 0 atom stereocenters. The van der Waals surface area contributed by atoms with Crippen molar-refractivity contribution in [3.63, 3.8) is 0 Å². The molecule has 0 saturated heterocycles. The van der Waals surface area contributed by atoms with Crippen molar-refractivity contribution in [2.75, 3.05) is 33.9 Å². The third kappa shape index (κ3) is 43.3. The Morgan fingerprint density at radius 2 is 0.709 bits per heavy atom.